The minimum Gasteiger partial charge on any atom is -0.318 e. The molecule has 1 rings (SSSR count). The van der Waals surface area contributed by atoms with Crippen LogP contribution in [0.15, 0.2) is 0 Å². The van der Waals surface area contributed by atoms with Crippen molar-refractivity contribution in [1.82, 2.24) is 10.2 Å². The fraction of sp³-hybridized carbons (Fsp3) is 1.00. The van der Waals surface area contributed by atoms with Crippen LogP contribution in [0.5, 0.6) is 0 Å². The molecule has 0 atom stereocenters. The van der Waals surface area contributed by atoms with Crippen molar-refractivity contribution in [3.05, 3.63) is 0 Å². The number of rotatable bonds is 7. The highest BCUT2D eigenvalue weighted by atomic mass is 15.1. The summed E-state index contributed by atoms with van der Waals surface area (Å²) >= 11 is 0. The minimum atomic E-state index is 1.04. The Morgan fingerprint density at radius 2 is 2.08 bits per heavy atom. The molecule has 0 bridgehead atoms. The van der Waals surface area contributed by atoms with Crippen molar-refractivity contribution >= 4 is 0 Å². The molecule has 1 saturated carbocycles. The Balaban J connectivity index is 2.07. The van der Waals surface area contributed by atoms with E-state index in [1.54, 1.807) is 0 Å². The molecular formula is C10H22N2. The van der Waals surface area contributed by atoms with Crippen LogP contribution >= 0.6 is 0 Å². The Hall–Kier alpha value is -0.0800. The SMILES string of the molecule is CCCN(CCNC)CC1CC1. The van der Waals surface area contributed by atoms with E-state index in [0.717, 1.165) is 12.5 Å². The van der Waals surface area contributed by atoms with E-state index in [4.69, 9.17) is 0 Å². The Labute approximate surface area is 76.3 Å². The molecule has 0 heterocycles. The molecule has 2 heteroatoms. The molecule has 0 spiro atoms. The van der Waals surface area contributed by atoms with E-state index >= 15 is 0 Å². The topological polar surface area (TPSA) is 15.3 Å². The third kappa shape index (κ3) is 4.07. The van der Waals surface area contributed by atoms with Crippen LogP contribution in [0.1, 0.15) is 26.2 Å². The van der Waals surface area contributed by atoms with Gasteiger partial charge in [0.25, 0.3) is 0 Å². The van der Waals surface area contributed by atoms with Gasteiger partial charge in [-0.2, -0.15) is 0 Å². The van der Waals surface area contributed by atoms with Crippen LogP contribution < -0.4 is 5.32 Å². The number of hydrogen-bond donors (Lipinski definition) is 1. The van der Waals surface area contributed by atoms with Crippen LogP contribution in [0.3, 0.4) is 0 Å². The first kappa shape index (κ1) is 10.0. The summed E-state index contributed by atoms with van der Waals surface area (Å²) in [7, 11) is 2.03. The Bertz CT molecular complexity index is 110. The third-order valence-electron chi connectivity index (χ3n) is 2.43. The average molecular weight is 170 g/mol. The van der Waals surface area contributed by atoms with Crippen LogP contribution in [0.2, 0.25) is 0 Å². The average Bonchev–Trinajstić information content (AvgIpc) is 2.84. The van der Waals surface area contributed by atoms with Crippen molar-refractivity contribution in [3.8, 4) is 0 Å². The monoisotopic (exact) mass is 170 g/mol. The normalized spacial score (nSPS) is 17.2. The Morgan fingerprint density at radius 1 is 1.33 bits per heavy atom. The second-order valence-electron chi connectivity index (χ2n) is 3.85. The molecule has 0 aromatic heterocycles. The van der Waals surface area contributed by atoms with Gasteiger partial charge in [0.1, 0.15) is 0 Å². The summed E-state index contributed by atoms with van der Waals surface area (Å²) in [6.07, 6.45) is 4.23. The van der Waals surface area contributed by atoms with E-state index in [1.807, 2.05) is 7.05 Å². The van der Waals surface area contributed by atoms with Crippen LogP contribution in [0.25, 0.3) is 0 Å². The van der Waals surface area contributed by atoms with Crippen molar-refractivity contribution < 1.29 is 0 Å². The van der Waals surface area contributed by atoms with Crippen LogP contribution in [0.4, 0.5) is 0 Å². The highest BCUT2D eigenvalue weighted by molar-refractivity contribution is 4.77. The second-order valence-corrected chi connectivity index (χ2v) is 3.85. The van der Waals surface area contributed by atoms with Gasteiger partial charge < -0.3 is 10.2 Å². The van der Waals surface area contributed by atoms with Gasteiger partial charge in [0.15, 0.2) is 0 Å². The Kier molecular flexibility index (Phi) is 4.62. The van der Waals surface area contributed by atoms with Gasteiger partial charge in [0.05, 0.1) is 0 Å². The van der Waals surface area contributed by atoms with E-state index in [-0.39, 0.29) is 0 Å². The van der Waals surface area contributed by atoms with Gasteiger partial charge in [0.2, 0.25) is 0 Å². The summed E-state index contributed by atoms with van der Waals surface area (Å²) in [5.41, 5.74) is 0. The van der Waals surface area contributed by atoms with Crippen LogP contribution in [0, 0.1) is 5.92 Å². The van der Waals surface area contributed by atoms with Gasteiger partial charge in [-0.15, -0.1) is 0 Å². The fourth-order valence-corrected chi connectivity index (χ4v) is 1.55. The molecule has 0 amide bonds. The maximum Gasteiger partial charge on any atom is 0.0107 e. The molecule has 1 aliphatic rings. The molecule has 1 fully saturated rings. The lowest BCUT2D eigenvalue weighted by atomic mass is 10.3. The lowest BCUT2D eigenvalue weighted by Crippen LogP contribution is -2.33. The van der Waals surface area contributed by atoms with Crippen molar-refractivity contribution in [2.45, 2.75) is 26.2 Å². The first-order chi connectivity index (χ1) is 5.86. The smallest absolute Gasteiger partial charge is 0.0107 e. The van der Waals surface area contributed by atoms with Gasteiger partial charge >= 0.3 is 0 Å². The maximum atomic E-state index is 3.21. The molecule has 72 valence electrons. The zero-order chi connectivity index (χ0) is 8.81. The molecule has 1 N–H and O–H groups in total. The predicted octanol–water partition coefficient (Wildman–Crippen LogP) is 1.33. The number of nitrogens with one attached hydrogen (secondary N) is 1. The molecule has 2 nitrogen and oxygen atoms in total. The zero-order valence-electron chi connectivity index (χ0n) is 8.47. The van der Waals surface area contributed by atoms with E-state index in [2.05, 4.69) is 17.1 Å². The molecule has 1 aliphatic carbocycles. The lowest BCUT2D eigenvalue weighted by Gasteiger charge is -2.20. The fourth-order valence-electron chi connectivity index (χ4n) is 1.55. The van der Waals surface area contributed by atoms with Gasteiger partial charge in [-0.1, -0.05) is 6.92 Å². The van der Waals surface area contributed by atoms with Crippen molar-refractivity contribution in [3.63, 3.8) is 0 Å². The summed E-state index contributed by atoms with van der Waals surface area (Å²) in [5.74, 6) is 1.04. The van der Waals surface area contributed by atoms with Crippen molar-refractivity contribution in [2.75, 3.05) is 33.2 Å². The van der Waals surface area contributed by atoms with E-state index < -0.39 is 0 Å². The van der Waals surface area contributed by atoms with E-state index in [1.165, 1.54) is 38.9 Å². The lowest BCUT2D eigenvalue weighted by molar-refractivity contribution is 0.265. The molecule has 0 aliphatic heterocycles. The largest absolute Gasteiger partial charge is 0.318 e. The van der Waals surface area contributed by atoms with Gasteiger partial charge in [-0.3, -0.25) is 0 Å². The molecule has 12 heavy (non-hydrogen) atoms. The molecule has 0 aromatic rings. The first-order valence-corrected chi connectivity index (χ1v) is 5.23. The molecule has 0 aromatic carbocycles. The quantitative estimate of drug-likeness (QED) is 0.620. The summed E-state index contributed by atoms with van der Waals surface area (Å²) in [4.78, 5) is 2.59. The highest BCUT2D eigenvalue weighted by Crippen LogP contribution is 2.29. The van der Waals surface area contributed by atoms with E-state index in [9.17, 15) is 0 Å². The van der Waals surface area contributed by atoms with Gasteiger partial charge in [-0.05, 0) is 38.8 Å². The van der Waals surface area contributed by atoms with Crippen LogP contribution in [-0.4, -0.2) is 38.1 Å². The zero-order valence-corrected chi connectivity index (χ0v) is 8.47. The van der Waals surface area contributed by atoms with Gasteiger partial charge in [-0.25, -0.2) is 0 Å². The number of hydrogen-bond acceptors (Lipinski definition) is 2. The standard InChI is InChI=1S/C10H22N2/c1-3-7-12(8-6-11-2)9-10-4-5-10/h10-11H,3-9H2,1-2H3. The maximum absolute atomic E-state index is 3.21. The van der Waals surface area contributed by atoms with Crippen molar-refractivity contribution in [2.24, 2.45) is 5.92 Å². The molecule has 0 radical (unpaired) electrons. The van der Waals surface area contributed by atoms with Crippen molar-refractivity contribution in [1.29, 1.82) is 0 Å². The first-order valence-electron chi connectivity index (χ1n) is 5.23. The highest BCUT2D eigenvalue weighted by Gasteiger charge is 2.23. The van der Waals surface area contributed by atoms with Gasteiger partial charge in [0, 0.05) is 19.6 Å². The second kappa shape index (κ2) is 5.55. The Morgan fingerprint density at radius 3 is 2.58 bits per heavy atom. The predicted molar refractivity (Wildman–Crippen MR) is 53.4 cm³/mol. The summed E-state index contributed by atoms with van der Waals surface area (Å²) in [6, 6.07) is 0. The van der Waals surface area contributed by atoms with E-state index in [0.29, 0.717) is 0 Å². The number of likely N-dealkylation sites (N-methyl/N-ethyl adjacent to an activating group) is 1. The molecule has 0 saturated heterocycles. The molecule has 0 unspecified atom stereocenters. The summed E-state index contributed by atoms with van der Waals surface area (Å²) in [6.45, 7) is 7.24. The minimum absolute atomic E-state index is 1.04. The summed E-state index contributed by atoms with van der Waals surface area (Å²) in [5, 5.41) is 3.21. The number of nitrogens with zero attached hydrogens (tertiary/aromatic N) is 1. The third-order valence-corrected chi connectivity index (χ3v) is 2.43. The molecular weight excluding hydrogens is 148 g/mol. The summed E-state index contributed by atoms with van der Waals surface area (Å²) < 4.78 is 0. The van der Waals surface area contributed by atoms with Crippen LogP contribution in [-0.2, 0) is 0 Å².